The Bertz CT molecular complexity index is 319. The third kappa shape index (κ3) is 4.77. The van der Waals surface area contributed by atoms with Crippen molar-refractivity contribution in [2.45, 2.75) is 57.4 Å². The molecule has 18 heavy (non-hydrogen) atoms. The van der Waals surface area contributed by atoms with Crippen molar-refractivity contribution < 1.29 is 0 Å². The van der Waals surface area contributed by atoms with Crippen LogP contribution in [0.4, 0.5) is 0 Å². The molecular weight excluding hydrogens is 242 g/mol. The molecule has 0 heterocycles. The summed E-state index contributed by atoms with van der Waals surface area (Å²) in [5.41, 5.74) is 2.94. The molecule has 100 valence electrons. The molecule has 0 radical (unpaired) electrons. The zero-order valence-corrected chi connectivity index (χ0v) is 11.7. The van der Waals surface area contributed by atoms with Crippen LogP contribution in [0.2, 0.25) is 0 Å². The molecule has 4 heteroatoms. The highest BCUT2D eigenvalue weighted by Crippen LogP contribution is 2.17. The zero-order valence-electron chi connectivity index (χ0n) is 10.9. The quantitative estimate of drug-likeness (QED) is 0.356. The third-order valence-corrected chi connectivity index (χ3v) is 3.91. The third-order valence-electron chi connectivity index (χ3n) is 3.70. The average molecular weight is 265 g/mol. The number of hydrazone groups is 1. The van der Waals surface area contributed by atoms with Gasteiger partial charge in [0.05, 0.1) is 0 Å². The summed E-state index contributed by atoms with van der Waals surface area (Å²) in [5.74, 6) is 0.569. The van der Waals surface area contributed by atoms with E-state index in [9.17, 15) is 0 Å². The topological polar surface area (TPSA) is 36.4 Å². The van der Waals surface area contributed by atoms with Crippen LogP contribution in [0.5, 0.6) is 0 Å². The molecule has 2 aliphatic carbocycles. The first-order chi connectivity index (χ1) is 8.84. The average Bonchev–Trinajstić information content (AvgIpc) is 2.41. The van der Waals surface area contributed by atoms with Crippen LogP contribution in [0.3, 0.4) is 0 Å². The van der Waals surface area contributed by atoms with Crippen LogP contribution < -0.4 is 10.7 Å². The van der Waals surface area contributed by atoms with E-state index >= 15 is 0 Å². The van der Waals surface area contributed by atoms with Gasteiger partial charge < -0.3 is 5.32 Å². The summed E-state index contributed by atoms with van der Waals surface area (Å²) in [5, 5.41) is 8.27. The van der Waals surface area contributed by atoms with Gasteiger partial charge in [0.15, 0.2) is 5.11 Å². The molecule has 0 unspecified atom stereocenters. The maximum atomic E-state index is 5.25. The fourth-order valence-electron chi connectivity index (χ4n) is 2.62. The highest BCUT2D eigenvalue weighted by Gasteiger charge is 2.13. The van der Waals surface area contributed by atoms with Crippen molar-refractivity contribution in [2.75, 3.05) is 0 Å². The Balaban J connectivity index is 1.64. The second-order valence-electron chi connectivity index (χ2n) is 5.24. The Labute approximate surface area is 115 Å². The lowest BCUT2D eigenvalue weighted by Crippen LogP contribution is -2.41. The Morgan fingerprint density at radius 2 is 2.00 bits per heavy atom. The maximum Gasteiger partial charge on any atom is 0.187 e. The first-order valence-corrected chi connectivity index (χ1v) is 7.50. The lowest BCUT2D eigenvalue weighted by molar-refractivity contribution is 0.412. The van der Waals surface area contributed by atoms with Crippen LogP contribution in [0.25, 0.3) is 0 Å². The molecule has 1 fully saturated rings. The van der Waals surface area contributed by atoms with E-state index in [1.807, 2.05) is 6.21 Å². The summed E-state index contributed by atoms with van der Waals surface area (Å²) in [6.45, 7) is 0. The zero-order chi connectivity index (χ0) is 12.6. The minimum absolute atomic E-state index is 0.548. The molecule has 0 aromatic rings. The SMILES string of the molecule is S=C(N/N=C\[C@H]1CC=CCC1)NC1CCCCC1. The van der Waals surface area contributed by atoms with E-state index in [0.717, 1.165) is 6.42 Å². The molecule has 0 aliphatic heterocycles. The monoisotopic (exact) mass is 265 g/mol. The molecule has 0 amide bonds. The molecule has 0 bridgehead atoms. The molecule has 0 saturated heterocycles. The fraction of sp³-hybridized carbons (Fsp3) is 0.714. The lowest BCUT2D eigenvalue weighted by Gasteiger charge is -2.23. The number of hydrogen-bond acceptors (Lipinski definition) is 2. The lowest BCUT2D eigenvalue weighted by atomic mass is 9.96. The summed E-state index contributed by atoms with van der Waals surface area (Å²) in [4.78, 5) is 0. The molecule has 0 spiro atoms. The van der Waals surface area contributed by atoms with Crippen molar-refractivity contribution in [3.63, 3.8) is 0 Å². The van der Waals surface area contributed by atoms with E-state index in [0.29, 0.717) is 17.1 Å². The van der Waals surface area contributed by atoms with Crippen LogP contribution in [-0.4, -0.2) is 17.4 Å². The molecule has 0 aromatic carbocycles. The Morgan fingerprint density at radius 1 is 1.17 bits per heavy atom. The highest BCUT2D eigenvalue weighted by molar-refractivity contribution is 7.80. The van der Waals surface area contributed by atoms with E-state index < -0.39 is 0 Å². The number of nitrogens with one attached hydrogen (secondary N) is 2. The van der Waals surface area contributed by atoms with Gasteiger partial charge in [0, 0.05) is 12.3 Å². The number of rotatable bonds is 3. The Hall–Kier alpha value is -0.900. The van der Waals surface area contributed by atoms with Gasteiger partial charge in [-0.2, -0.15) is 5.10 Å². The molecule has 1 saturated carbocycles. The van der Waals surface area contributed by atoms with Crippen molar-refractivity contribution in [1.29, 1.82) is 0 Å². The number of allylic oxidation sites excluding steroid dienone is 2. The van der Waals surface area contributed by atoms with Gasteiger partial charge in [0.2, 0.25) is 0 Å². The van der Waals surface area contributed by atoms with Crippen molar-refractivity contribution in [1.82, 2.24) is 10.7 Å². The molecular formula is C14H23N3S. The van der Waals surface area contributed by atoms with Crippen molar-refractivity contribution in [3.8, 4) is 0 Å². The van der Waals surface area contributed by atoms with Crippen molar-refractivity contribution >= 4 is 23.5 Å². The predicted octanol–water partition coefficient (Wildman–Crippen LogP) is 3.13. The number of hydrogen-bond donors (Lipinski definition) is 2. The first-order valence-electron chi connectivity index (χ1n) is 7.09. The van der Waals surface area contributed by atoms with E-state index in [2.05, 4.69) is 28.0 Å². The Kier molecular flexibility index (Phi) is 5.65. The summed E-state index contributed by atoms with van der Waals surface area (Å²) in [6.07, 6.45) is 16.4. The van der Waals surface area contributed by atoms with Crippen LogP contribution in [-0.2, 0) is 0 Å². The van der Waals surface area contributed by atoms with Gasteiger partial charge in [-0.3, -0.25) is 5.43 Å². The second kappa shape index (κ2) is 7.52. The highest BCUT2D eigenvalue weighted by atomic mass is 32.1. The molecule has 1 atom stereocenters. The van der Waals surface area contributed by atoms with E-state index in [4.69, 9.17) is 12.2 Å². The fourth-order valence-corrected chi connectivity index (χ4v) is 2.84. The largest absolute Gasteiger partial charge is 0.359 e. The van der Waals surface area contributed by atoms with Gasteiger partial charge in [-0.1, -0.05) is 31.4 Å². The van der Waals surface area contributed by atoms with Crippen LogP contribution in [0.1, 0.15) is 51.4 Å². The molecule has 2 rings (SSSR count). The molecule has 3 nitrogen and oxygen atoms in total. The van der Waals surface area contributed by atoms with E-state index in [-0.39, 0.29) is 0 Å². The van der Waals surface area contributed by atoms with Gasteiger partial charge in [-0.15, -0.1) is 0 Å². The summed E-state index contributed by atoms with van der Waals surface area (Å²) in [7, 11) is 0. The smallest absolute Gasteiger partial charge is 0.187 e. The minimum Gasteiger partial charge on any atom is -0.359 e. The molecule has 2 aliphatic rings. The summed E-state index contributed by atoms with van der Waals surface area (Å²) >= 11 is 5.25. The number of thiocarbonyl (C=S) groups is 1. The Morgan fingerprint density at radius 3 is 2.72 bits per heavy atom. The molecule has 0 aromatic heterocycles. The molecule has 2 N–H and O–H groups in total. The van der Waals surface area contributed by atoms with Gasteiger partial charge in [-0.25, -0.2) is 0 Å². The minimum atomic E-state index is 0.548. The van der Waals surface area contributed by atoms with Crippen LogP contribution in [0.15, 0.2) is 17.3 Å². The summed E-state index contributed by atoms with van der Waals surface area (Å²) < 4.78 is 0. The van der Waals surface area contributed by atoms with Gasteiger partial charge in [0.25, 0.3) is 0 Å². The van der Waals surface area contributed by atoms with Gasteiger partial charge >= 0.3 is 0 Å². The number of nitrogens with zero attached hydrogens (tertiary/aromatic N) is 1. The summed E-state index contributed by atoms with van der Waals surface area (Å²) in [6, 6.07) is 0.548. The van der Waals surface area contributed by atoms with E-state index in [1.165, 1.54) is 44.9 Å². The standard InChI is InChI=1S/C14H23N3S/c18-14(16-13-9-5-2-6-10-13)17-15-11-12-7-3-1-4-8-12/h1,3,11-13H,2,4-10H2,(H2,16,17,18)/b15-11-/t12-/m0/s1. The van der Waals surface area contributed by atoms with Gasteiger partial charge in [-0.05, 0) is 50.2 Å². The second-order valence-corrected chi connectivity index (χ2v) is 5.65. The van der Waals surface area contributed by atoms with Gasteiger partial charge in [0.1, 0.15) is 0 Å². The van der Waals surface area contributed by atoms with Crippen LogP contribution in [0, 0.1) is 5.92 Å². The van der Waals surface area contributed by atoms with Crippen LogP contribution >= 0.6 is 12.2 Å². The maximum absolute atomic E-state index is 5.25. The normalized spacial score (nSPS) is 25.2. The predicted molar refractivity (Wildman–Crippen MR) is 80.7 cm³/mol. The van der Waals surface area contributed by atoms with Crippen molar-refractivity contribution in [3.05, 3.63) is 12.2 Å². The van der Waals surface area contributed by atoms with E-state index in [1.54, 1.807) is 0 Å². The first kappa shape index (κ1) is 13.5. The van der Waals surface area contributed by atoms with Crippen molar-refractivity contribution in [2.24, 2.45) is 11.0 Å².